The summed E-state index contributed by atoms with van der Waals surface area (Å²) in [7, 11) is 1.75. The Balaban J connectivity index is 0.000000360. The lowest BCUT2D eigenvalue weighted by molar-refractivity contribution is -0.192. The fourth-order valence-corrected chi connectivity index (χ4v) is 4.33. The number of imidazole rings is 1. The number of carboxylic acids is 1. The van der Waals surface area contributed by atoms with Gasteiger partial charge in [-0.15, -0.1) is 0 Å². The highest BCUT2D eigenvalue weighted by Crippen LogP contribution is 2.33. The summed E-state index contributed by atoms with van der Waals surface area (Å²) < 4.78 is 39.2. The molecule has 0 saturated heterocycles. The van der Waals surface area contributed by atoms with Crippen LogP contribution in [0.15, 0.2) is 53.5 Å². The first-order valence-electron chi connectivity index (χ1n) is 9.91. The Bertz CT molecular complexity index is 1010. The molecule has 10 heteroatoms. The van der Waals surface area contributed by atoms with Crippen molar-refractivity contribution in [3.05, 3.63) is 76.0 Å². The Morgan fingerprint density at radius 2 is 2.06 bits per heavy atom. The molecule has 0 fully saturated rings. The second kappa shape index (κ2) is 10.8. The van der Waals surface area contributed by atoms with Crippen LogP contribution in [0.3, 0.4) is 0 Å². The predicted octanol–water partition coefficient (Wildman–Crippen LogP) is 4.37. The number of alkyl halides is 3. The van der Waals surface area contributed by atoms with Gasteiger partial charge in [0.15, 0.2) is 0 Å². The number of carboxylic acid groups (broad SMARTS) is 1. The summed E-state index contributed by atoms with van der Waals surface area (Å²) in [6.07, 6.45) is -1.11. The van der Waals surface area contributed by atoms with Crippen molar-refractivity contribution in [1.29, 1.82) is 0 Å². The molecule has 0 spiro atoms. The van der Waals surface area contributed by atoms with Gasteiger partial charge in [-0.05, 0) is 33.5 Å². The van der Waals surface area contributed by atoms with Crippen LogP contribution in [-0.4, -0.2) is 52.0 Å². The summed E-state index contributed by atoms with van der Waals surface area (Å²) in [5.41, 5.74) is 4.22. The molecule has 0 bridgehead atoms. The largest absolute Gasteiger partial charge is 0.490 e. The standard InChI is InChI=1S/C20H23N3OS.C2HF3O2/c1-24-10-9-23-8-7-21-20(23)19-14-22(12-16-6-11-25-15-16)13-17-4-2-3-5-18(17)19;3-2(4,5)1(6)7/h2-8,11,15,19H,9-10,12-14H2,1H3;(H,6,7). The van der Waals surface area contributed by atoms with Gasteiger partial charge in [0.2, 0.25) is 0 Å². The van der Waals surface area contributed by atoms with E-state index in [1.807, 2.05) is 6.20 Å². The van der Waals surface area contributed by atoms with E-state index in [0.29, 0.717) is 12.5 Å². The minimum atomic E-state index is -5.08. The molecule has 1 aliphatic heterocycles. The van der Waals surface area contributed by atoms with E-state index in [2.05, 4.69) is 56.8 Å². The number of nitrogens with zero attached hydrogens (tertiary/aromatic N) is 3. The van der Waals surface area contributed by atoms with Crippen LogP contribution in [0.2, 0.25) is 0 Å². The van der Waals surface area contributed by atoms with Crippen molar-refractivity contribution < 1.29 is 27.8 Å². The lowest BCUT2D eigenvalue weighted by atomic mass is 9.89. The molecule has 1 aliphatic rings. The lowest BCUT2D eigenvalue weighted by Crippen LogP contribution is -2.34. The number of hydrogen-bond acceptors (Lipinski definition) is 5. The maximum atomic E-state index is 10.6. The number of fused-ring (bicyclic) bond motifs is 1. The second-order valence-electron chi connectivity index (χ2n) is 7.33. The molecule has 172 valence electrons. The fourth-order valence-electron chi connectivity index (χ4n) is 3.67. The first-order chi connectivity index (χ1) is 15.3. The molecule has 3 aromatic rings. The number of aromatic nitrogens is 2. The SMILES string of the molecule is COCCn1ccnc1C1CN(Cc2ccsc2)Cc2ccccc21.O=C(O)C(F)(F)F. The van der Waals surface area contributed by atoms with Gasteiger partial charge in [-0.25, -0.2) is 9.78 Å². The number of ether oxygens (including phenoxy) is 1. The number of carbonyl (C=O) groups is 1. The topological polar surface area (TPSA) is 67.6 Å². The van der Waals surface area contributed by atoms with Gasteiger partial charge in [0.1, 0.15) is 5.82 Å². The molecular weight excluding hydrogens is 443 g/mol. The second-order valence-corrected chi connectivity index (χ2v) is 8.11. The summed E-state index contributed by atoms with van der Waals surface area (Å²) in [6.45, 7) is 4.54. The van der Waals surface area contributed by atoms with Gasteiger partial charge in [-0.1, -0.05) is 24.3 Å². The first kappa shape index (κ1) is 24.0. The molecule has 0 saturated carbocycles. The number of halogens is 3. The van der Waals surface area contributed by atoms with E-state index in [1.54, 1.807) is 18.4 Å². The number of thiophene rings is 1. The van der Waals surface area contributed by atoms with Crippen molar-refractivity contribution in [3.63, 3.8) is 0 Å². The van der Waals surface area contributed by atoms with Gasteiger partial charge in [-0.2, -0.15) is 24.5 Å². The highest BCUT2D eigenvalue weighted by Gasteiger charge is 2.38. The van der Waals surface area contributed by atoms with Crippen LogP contribution in [0.1, 0.15) is 28.4 Å². The summed E-state index contributed by atoms with van der Waals surface area (Å²) in [4.78, 5) is 16.1. The van der Waals surface area contributed by atoms with Crippen molar-refractivity contribution >= 4 is 17.3 Å². The normalized spacial score (nSPS) is 16.2. The Morgan fingerprint density at radius 1 is 1.31 bits per heavy atom. The van der Waals surface area contributed by atoms with Crippen LogP contribution < -0.4 is 0 Å². The van der Waals surface area contributed by atoms with E-state index in [4.69, 9.17) is 19.6 Å². The number of hydrogen-bond donors (Lipinski definition) is 1. The Morgan fingerprint density at radius 3 is 2.72 bits per heavy atom. The molecule has 4 rings (SSSR count). The molecule has 0 aliphatic carbocycles. The Labute approximate surface area is 187 Å². The first-order valence-corrected chi connectivity index (χ1v) is 10.8. The van der Waals surface area contributed by atoms with Gasteiger partial charge < -0.3 is 14.4 Å². The van der Waals surface area contributed by atoms with Crippen LogP contribution in [0.5, 0.6) is 0 Å². The van der Waals surface area contributed by atoms with Gasteiger partial charge >= 0.3 is 12.1 Å². The number of benzene rings is 1. The molecule has 6 nitrogen and oxygen atoms in total. The van der Waals surface area contributed by atoms with E-state index in [-0.39, 0.29) is 0 Å². The average molecular weight is 468 g/mol. The van der Waals surface area contributed by atoms with Gasteiger partial charge in [-0.3, -0.25) is 4.90 Å². The molecular formula is C22H24F3N3O3S. The number of aliphatic carboxylic acids is 1. The third kappa shape index (κ3) is 6.18. The van der Waals surface area contributed by atoms with E-state index < -0.39 is 12.1 Å². The Hall–Kier alpha value is -2.69. The minimum absolute atomic E-state index is 0.301. The van der Waals surface area contributed by atoms with Crippen molar-refractivity contribution in [2.75, 3.05) is 20.3 Å². The minimum Gasteiger partial charge on any atom is -0.475 e. The highest BCUT2D eigenvalue weighted by molar-refractivity contribution is 7.07. The van der Waals surface area contributed by atoms with Crippen molar-refractivity contribution in [2.45, 2.75) is 31.7 Å². The summed E-state index contributed by atoms with van der Waals surface area (Å²) in [6, 6.07) is 11.0. The van der Waals surface area contributed by atoms with Crippen molar-refractivity contribution in [3.8, 4) is 0 Å². The third-order valence-electron chi connectivity index (χ3n) is 5.09. The van der Waals surface area contributed by atoms with Crippen LogP contribution in [0.4, 0.5) is 13.2 Å². The van der Waals surface area contributed by atoms with Crippen LogP contribution in [0, 0.1) is 0 Å². The van der Waals surface area contributed by atoms with Crippen molar-refractivity contribution in [2.24, 2.45) is 0 Å². The number of methoxy groups -OCH3 is 1. The smallest absolute Gasteiger partial charge is 0.475 e. The zero-order valence-electron chi connectivity index (χ0n) is 17.5. The maximum absolute atomic E-state index is 10.6. The molecule has 3 heterocycles. The zero-order chi connectivity index (χ0) is 23.1. The molecule has 1 unspecified atom stereocenters. The zero-order valence-corrected chi connectivity index (χ0v) is 18.3. The molecule has 32 heavy (non-hydrogen) atoms. The van der Waals surface area contributed by atoms with Crippen LogP contribution in [-0.2, 0) is 29.2 Å². The van der Waals surface area contributed by atoms with E-state index in [1.165, 1.54) is 16.7 Å². The van der Waals surface area contributed by atoms with E-state index in [9.17, 15) is 13.2 Å². The maximum Gasteiger partial charge on any atom is 0.490 e. The van der Waals surface area contributed by atoms with Gasteiger partial charge in [0.05, 0.1) is 12.5 Å². The number of rotatable bonds is 6. The third-order valence-corrected chi connectivity index (χ3v) is 5.82. The van der Waals surface area contributed by atoms with Gasteiger partial charge in [0.25, 0.3) is 0 Å². The molecule has 1 N–H and O–H groups in total. The lowest BCUT2D eigenvalue weighted by Gasteiger charge is -2.34. The summed E-state index contributed by atoms with van der Waals surface area (Å²) >= 11 is 1.77. The van der Waals surface area contributed by atoms with E-state index in [0.717, 1.165) is 32.0 Å². The predicted molar refractivity (Wildman–Crippen MR) is 115 cm³/mol. The van der Waals surface area contributed by atoms with E-state index >= 15 is 0 Å². The average Bonchev–Trinajstić information content (AvgIpc) is 3.43. The summed E-state index contributed by atoms with van der Waals surface area (Å²) in [5, 5.41) is 11.5. The Kier molecular flexibility index (Phi) is 8.05. The van der Waals surface area contributed by atoms with Gasteiger partial charge in [0, 0.05) is 45.7 Å². The molecule has 0 amide bonds. The van der Waals surface area contributed by atoms with Crippen LogP contribution in [0.25, 0.3) is 0 Å². The molecule has 2 aromatic heterocycles. The summed E-state index contributed by atoms with van der Waals surface area (Å²) in [5.74, 6) is -1.32. The van der Waals surface area contributed by atoms with Crippen molar-refractivity contribution in [1.82, 2.24) is 14.5 Å². The highest BCUT2D eigenvalue weighted by atomic mass is 32.1. The quantitative estimate of drug-likeness (QED) is 0.583. The fraction of sp³-hybridized carbons (Fsp3) is 0.364. The molecule has 1 aromatic carbocycles. The molecule has 0 radical (unpaired) electrons. The monoisotopic (exact) mass is 467 g/mol. The van der Waals surface area contributed by atoms with Crippen LogP contribution >= 0.6 is 11.3 Å². The molecule has 1 atom stereocenters.